The molecule has 5 amide bonds. The highest BCUT2D eigenvalue weighted by Gasteiger charge is 2.40. The largest absolute Gasteiger partial charge is 0.547 e. The fraction of sp³-hybridized carbons (Fsp3) is 0.318. The molecule has 3 heterocycles. The van der Waals surface area contributed by atoms with Crippen molar-refractivity contribution in [2.45, 2.75) is 25.3 Å². The van der Waals surface area contributed by atoms with Gasteiger partial charge in [-0.3, -0.25) is 19.3 Å². The standard InChI is InChI=1S/C22H23BN4O8S/c1-2-26-7-8-27(20(30)19(26)29)22(33)25-16(13-6-9-36-11-13)18(28)24-15-10-12-4-3-5-14(21(31)32)17(12)35-23(15)34/h3-6,9,11,15-16,34H,2,7-8,10H2,1H3,(H,24,28)(H,25,33)(H,31,32)/t15-,16?/m0/s1. The number of rotatable bonds is 6. The molecule has 1 unspecified atom stereocenters. The zero-order valence-electron chi connectivity index (χ0n) is 19.2. The Morgan fingerprint density at radius 1 is 1.22 bits per heavy atom. The molecule has 0 saturated carbocycles. The summed E-state index contributed by atoms with van der Waals surface area (Å²) in [6.07, 6.45) is 0.0830. The first-order chi connectivity index (χ1) is 17.2. The van der Waals surface area contributed by atoms with Gasteiger partial charge < -0.3 is 30.3 Å². The van der Waals surface area contributed by atoms with E-state index in [9.17, 15) is 34.1 Å². The maximum Gasteiger partial charge on any atom is 0.547 e. The van der Waals surface area contributed by atoms with Gasteiger partial charge in [0.15, 0.2) is 0 Å². The summed E-state index contributed by atoms with van der Waals surface area (Å²) < 4.78 is 5.41. The minimum absolute atomic E-state index is 0.0138. The van der Waals surface area contributed by atoms with Gasteiger partial charge in [-0.25, -0.2) is 9.59 Å². The lowest BCUT2D eigenvalue weighted by molar-refractivity contribution is -0.153. The number of fused-ring (bicyclic) bond motifs is 1. The first-order valence-electron chi connectivity index (χ1n) is 11.1. The topological polar surface area (TPSA) is 166 Å². The van der Waals surface area contributed by atoms with Crippen LogP contribution in [0.15, 0.2) is 35.0 Å². The molecule has 36 heavy (non-hydrogen) atoms. The smallest absolute Gasteiger partial charge is 0.534 e. The molecule has 2 aliphatic rings. The van der Waals surface area contributed by atoms with E-state index < -0.39 is 48.8 Å². The number of carboxylic acid groups (broad SMARTS) is 1. The van der Waals surface area contributed by atoms with E-state index in [1.54, 1.807) is 29.8 Å². The number of hydrogen-bond donors (Lipinski definition) is 4. The molecular weight excluding hydrogens is 491 g/mol. The molecule has 14 heteroatoms. The first kappa shape index (κ1) is 25.2. The van der Waals surface area contributed by atoms with Crippen molar-refractivity contribution in [3.63, 3.8) is 0 Å². The van der Waals surface area contributed by atoms with E-state index in [2.05, 4.69) is 10.6 Å². The average molecular weight is 514 g/mol. The third-order valence-corrected chi connectivity index (χ3v) is 6.72. The molecule has 1 aromatic heterocycles. The van der Waals surface area contributed by atoms with Crippen molar-refractivity contribution in [3.05, 3.63) is 51.7 Å². The number of benzene rings is 1. The number of imide groups is 1. The van der Waals surface area contributed by atoms with Gasteiger partial charge in [-0.05, 0) is 47.4 Å². The van der Waals surface area contributed by atoms with Gasteiger partial charge in [0.05, 0.1) is 11.5 Å². The van der Waals surface area contributed by atoms with E-state index >= 15 is 0 Å². The summed E-state index contributed by atoms with van der Waals surface area (Å²) in [6, 6.07) is 4.01. The van der Waals surface area contributed by atoms with Gasteiger partial charge >= 0.3 is 30.9 Å². The molecule has 0 spiro atoms. The summed E-state index contributed by atoms with van der Waals surface area (Å²) in [7, 11) is -1.54. The van der Waals surface area contributed by atoms with Gasteiger partial charge in [0.1, 0.15) is 11.8 Å². The van der Waals surface area contributed by atoms with Crippen LogP contribution in [-0.4, -0.2) is 82.3 Å². The van der Waals surface area contributed by atoms with Crippen molar-refractivity contribution >= 4 is 48.2 Å². The summed E-state index contributed by atoms with van der Waals surface area (Å²) >= 11 is 1.29. The Labute approximate surface area is 210 Å². The molecule has 0 aliphatic carbocycles. The lowest BCUT2D eigenvalue weighted by Crippen LogP contribution is -2.60. The zero-order valence-corrected chi connectivity index (χ0v) is 20.0. The van der Waals surface area contributed by atoms with E-state index in [-0.39, 0.29) is 30.8 Å². The molecule has 2 aromatic rings. The maximum atomic E-state index is 13.2. The lowest BCUT2D eigenvalue weighted by atomic mass is 9.72. The quantitative estimate of drug-likeness (QED) is 0.310. The number of hydrogen-bond acceptors (Lipinski definition) is 8. The highest BCUT2D eigenvalue weighted by molar-refractivity contribution is 7.08. The first-order valence-corrected chi connectivity index (χ1v) is 12.1. The van der Waals surface area contributed by atoms with Crippen LogP contribution < -0.4 is 15.3 Å². The zero-order chi connectivity index (χ0) is 26.0. The van der Waals surface area contributed by atoms with Crippen LogP contribution in [0.4, 0.5) is 4.79 Å². The number of thiophene rings is 1. The molecule has 1 saturated heterocycles. The number of carbonyl (C=O) groups excluding carboxylic acids is 4. The molecule has 0 bridgehead atoms. The Kier molecular flexibility index (Phi) is 7.26. The van der Waals surface area contributed by atoms with Crippen molar-refractivity contribution in [1.29, 1.82) is 0 Å². The molecule has 2 aliphatic heterocycles. The second-order valence-corrected chi connectivity index (χ2v) is 8.99. The number of carboxylic acids is 1. The van der Waals surface area contributed by atoms with Crippen LogP contribution in [-0.2, 0) is 20.8 Å². The second-order valence-electron chi connectivity index (χ2n) is 8.21. The van der Waals surface area contributed by atoms with Gasteiger partial charge in [0, 0.05) is 19.6 Å². The number of amides is 5. The Hall–Kier alpha value is -3.91. The number of aromatic carboxylic acids is 1. The molecular formula is C22H23BN4O8S. The summed E-state index contributed by atoms with van der Waals surface area (Å²) in [5.74, 6) is -4.58. The molecule has 1 fully saturated rings. The Morgan fingerprint density at radius 3 is 2.67 bits per heavy atom. The van der Waals surface area contributed by atoms with Crippen molar-refractivity contribution in [1.82, 2.24) is 20.4 Å². The molecule has 0 radical (unpaired) electrons. The predicted molar refractivity (Wildman–Crippen MR) is 127 cm³/mol. The van der Waals surface area contributed by atoms with Gasteiger partial charge in [-0.1, -0.05) is 12.1 Å². The van der Waals surface area contributed by atoms with Crippen LogP contribution in [0.5, 0.6) is 5.75 Å². The average Bonchev–Trinajstić information content (AvgIpc) is 3.38. The van der Waals surface area contributed by atoms with E-state index in [4.69, 9.17) is 4.65 Å². The third kappa shape index (κ3) is 4.90. The molecule has 4 N–H and O–H groups in total. The van der Waals surface area contributed by atoms with Gasteiger partial charge in [-0.15, -0.1) is 0 Å². The number of piperazine rings is 1. The van der Waals surface area contributed by atoms with Crippen molar-refractivity contribution in [2.24, 2.45) is 0 Å². The van der Waals surface area contributed by atoms with Crippen LogP contribution in [0.25, 0.3) is 0 Å². The number of urea groups is 1. The van der Waals surface area contributed by atoms with Crippen molar-refractivity contribution < 1.29 is 38.8 Å². The van der Waals surface area contributed by atoms with E-state index in [0.717, 1.165) is 4.90 Å². The summed E-state index contributed by atoms with van der Waals surface area (Å²) in [5.41, 5.74) is 0.818. The summed E-state index contributed by atoms with van der Waals surface area (Å²) in [6.45, 7) is 2.23. The highest BCUT2D eigenvalue weighted by Crippen LogP contribution is 2.30. The van der Waals surface area contributed by atoms with Crippen LogP contribution in [0.3, 0.4) is 0 Å². The number of nitrogens with one attached hydrogen (secondary N) is 2. The number of likely N-dealkylation sites (N-methyl/N-ethyl adjacent to an activating group) is 1. The maximum absolute atomic E-state index is 13.2. The minimum atomic E-state index is -1.54. The van der Waals surface area contributed by atoms with Crippen molar-refractivity contribution in [2.75, 3.05) is 19.6 Å². The van der Waals surface area contributed by atoms with Crippen molar-refractivity contribution in [3.8, 4) is 5.75 Å². The van der Waals surface area contributed by atoms with E-state index in [1.165, 1.54) is 28.4 Å². The van der Waals surface area contributed by atoms with Crippen LogP contribution in [0, 0.1) is 0 Å². The minimum Gasteiger partial charge on any atom is -0.534 e. The Morgan fingerprint density at radius 2 is 2.00 bits per heavy atom. The van der Waals surface area contributed by atoms with Gasteiger partial charge in [-0.2, -0.15) is 11.3 Å². The van der Waals surface area contributed by atoms with E-state index in [0.29, 0.717) is 17.7 Å². The fourth-order valence-electron chi connectivity index (χ4n) is 4.09. The monoisotopic (exact) mass is 514 g/mol. The molecule has 4 rings (SSSR count). The SMILES string of the molecule is CCN1CCN(C(=O)NC(C(=O)N[C@H]2Cc3cccc(C(=O)O)c3OB2O)c2ccsc2)C(=O)C1=O. The number of para-hydroxylation sites is 1. The van der Waals surface area contributed by atoms with Crippen LogP contribution in [0.2, 0.25) is 0 Å². The third-order valence-electron chi connectivity index (χ3n) is 6.02. The van der Waals surface area contributed by atoms with E-state index in [1.807, 2.05) is 0 Å². The predicted octanol–water partition coefficient (Wildman–Crippen LogP) is 0.0273. The molecule has 1 aromatic carbocycles. The van der Waals surface area contributed by atoms with Gasteiger partial charge in [0.25, 0.3) is 0 Å². The molecule has 2 atom stereocenters. The fourth-order valence-corrected chi connectivity index (χ4v) is 4.78. The van der Waals surface area contributed by atoms with Gasteiger partial charge in [0.2, 0.25) is 5.91 Å². The Balaban J connectivity index is 1.50. The second kappa shape index (κ2) is 10.4. The molecule has 12 nitrogen and oxygen atoms in total. The Bertz CT molecular complexity index is 1210. The highest BCUT2D eigenvalue weighted by atomic mass is 32.1. The lowest BCUT2D eigenvalue weighted by Gasteiger charge is -2.33. The van der Waals surface area contributed by atoms with Crippen LogP contribution in [0.1, 0.15) is 34.5 Å². The number of nitrogens with zero attached hydrogens (tertiary/aromatic N) is 2. The van der Waals surface area contributed by atoms with Crippen LogP contribution >= 0.6 is 11.3 Å². The summed E-state index contributed by atoms with van der Waals surface area (Å²) in [5, 5.41) is 28.3. The molecule has 188 valence electrons. The normalized spacial score (nSPS) is 18.3. The number of carbonyl (C=O) groups is 5. The summed E-state index contributed by atoms with van der Waals surface area (Å²) in [4.78, 5) is 64.3.